The highest BCUT2D eigenvalue weighted by Gasteiger charge is 2.01. The molecule has 1 nitrogen and oxygen atoms in total. The van der Waals surface area contributed by atoms with Crippen LogP contribution in [0, 0.1) is 0 Å². The number of hydrogen-bond acceptors (Lipinski definition) is 1. The van der Waals surface area contributed by atoms with Crippen LogP contribution in [0.2, 0.25) is 0 Å². The van der Waals surface area contributed by atoms with Crippen LogP contribution in [-0.2, 0) is 0 Å². The Morgan fingerprint density at radius 2 is 0.516 bits per heavy atom. The Morgan fingerprint density at radius 1 is 0.290 bits per heavy atom. The first-order valence-corrected chi connectivity index (χ1v) is 15.1. The highest BCUT2D eigenvalue weighted by atomic mass is 15.1. The van der Waals surface area contributed by atoms with Gasteiger partial charge in [0.25, 0.3) is 0 Å². The van der Waals surface area contributed by atoms with Crippen LogP contribution in [0.25, 0.3) is 0 Å². The van der Waals surface area contributed by atoms with E-state index in [9.17, 15) is 0 Å². The molecule has 0 heterocycles. The second-order valence-electron chi connectivity index (χ2n) is 10.2. The minimum absolute atomic E-state index is 1.24. The van der Waals surface area contributed by atoms with E-state index < -0.39 is 0 Å². The largest absolute Gasteiger partial charge is 0.304 e. The van der Waals surface area contributed by atoms with Gasteiger partial charge in [-0.3, -0.25) is 0 Å². The first-order valence-electron chi connectivity index (χ1n) is 15.1. The van der Waals surface area contributed by atoms with Crippen LogP contribution in [-0.4, -0.2) is 24.5 Å². The summed E-state index contributed by atoms with van der Waals surface area (Å²) in [5.41, 5.74) is 0. The molecule has 0 bridgehead atoms. The van der Waals surface area contributed by atoms with E-state index in [0.29, 0.717) is 0 Å². The van der Waals surface area contributed by atoms with Gasteiger partial charge in [0.2, 0.25) is 0 Å². The van der Waals surface area contributed by atoms with Gasteiger partial charge >= 0.3 is 0 Å². The van der Waals surface area contributed by atoms with Gasteiger partial charge in [-0.25, -0.2) is 0 Å². The first-order chi connectivity index (χ1) is 15.3. The lowest BCUT2D eigenvalue weighted by atomic mass is 10.0. The molecule has 1 heteroatoms. The molecule has 0 atom stereocenters. The zero-order valence-corrected chi connectivity index (χ0v) is 22.5. The zero-order chi connectivity index (χ0) is 22.7. The van der Waals surface area contributed by atoms with Crippen molar-refractivity contribution in [3.8, 4) is 0 Å². The molecule has 0 aromatic rings. The highest BCUT2D eigenvalue weighted by Crippen LogP contribution is 2.15. The van der Waals surface area contributed by atoms with E-state index in [4.69, 9.17) is 0 Å². The Balaban J connectivity index is 3.15. The van der Waals surface area contributed by atoms with Gasteiger partial charge in [-0.1, -0.05) is 162 Å². The second kappa shape index (κ2) is 28.0. The summed E-state index contributed by atoms with van der Waals surface area (Å²) in [4.78, 5) is 2.67. The monoisotopic (exact) mass is 437 g/mol. The summed E-state index contributed by atoms with van der Waals surface area (Å²) in [6, 6.07) is 0. The van der Waals surface area contributed by atoms with E-state index in [1.807, 2.05) is 0 Å². The van der Waals surface area contributed by atoms with Crippen molar-refractivity contribution in [2.45, 2.75) is 175 Å². The maximum atomic E-state index is 2.67. The smallest absolute Gasteiger partial charge is 0.00189 e. The molecule has 0 saturated carbocycles. The van der Waals surface area contributed by atoms with Crippen molar-refractivity contribution in [1.82, 2.24) is 4.90 Å². The molecule has 0 aliphatic carbocycles. The van der Waals surface area contributed by atoms with Crippen LogP contribution >= 0.6 is 0 Å². The molecule has 0 spiro atoms. The average molecular weight is 438 g/mol. The molecule has 0 N–H and O–H groups in total. The maximum Gasteiger partial charge on any atom is -0.00189 e. The third-order valence-corrected chi connectivity index (χ3v) is 7.10. The SMILES string of the molecule is CCCCCCCCCCCCCCCCCCCCCCN(CC)CCCCCC. The van der Waals surface area contributed by atoms with Gasteiger partial charge < -0.3 is 4.90 Å². The summed E-state index contributed by atoms with van der Waals surface area (Å²) in [5, 5.41) is 0. The number of hydrogen-bond donors (Lipinski definition) is 0. The Hall–Kier alpha value is -0.0400. The average Bonchev–Trinajstić information content (AvgIpc) is 2.79. The summed E-state index contributed by atoms with van der Waals surface area (Å²) >= 11 is 0. The predicted octanol–water partition coefficient (Wildman–Crippen LogP) is 10.7. The number of nitrogens with zero attached hydrogens (tertiary/aromatic N) is 1. The lowest BCUT2D eigenvalue weighted by molar-refractivity contribution is 0.273. The van der Waals surface area contributed by atoms with Crippen LogP contribution in [0.1, 0.15) is 175 Å². The maximum absolute atomic E-state index is 2.67. The lowest BCUT2D eigenvalue weighted by Gasteiger charge is -2.20. The van der Waals surface area contributed by atoms with E-state index in [1.165, 1.54) is 174 Å². The van der Waals surface area contributed by atoms with Gasteiger partial charge in [-0.05, 0) is 32.5 Å². The van der Waals surface area contributed by atoms with Gasteiger partial charge in [0.1, 0.15) is 0 Å². The van der Waals surface area contributed by atoms with Gasteiger partial charge in [-0.15, -0.1) is 0 Å². The molecule has 0 saturated heterocycles. The van der Waals surface area contributed by atoms with Crippen LogP contribution in [0.5, 0.6) is 0 Å². The Kier molecular flexibility index (Phi) is 28.0. The fraction of sp³-hybridized carbons (Fsp3) is 1.00. The van der Waals surface area contributed by atoms with Gasteiger partial charge in [-0.2, -0.15) is 0 Å². The van der Waals surface area contributed by atoms with Crippen molar-refractivity contribution >= 4 is 0 Å². The summed E-state index contributed by atoms with van der Waals surface area (Å²) in [6.45, 7) is 10.8. The molecular formula is C30H63N. The summed E-state index contributed by atoms with van der Waals surface area (Å²) < 4.78 is 0. The van der Waals surface area contributed by atoms with Gasteiger partial charge in [0.15, 0.2) is 0 Å². The Labute approximate surface area is 199 Å². The molecule has 0 aliphatic heterocycles. The predicted molar refractivity (Wildman–Crippen MR) is 144 cm³/mol. The van der Waals surface area contributed by atoms with Crippen molar-refractivity contribution in [3.05, 3.63) is 0 Å². The summed E-state index contributed by atoms with van der Waals surface area (Å²) in [7, 11) is 0. The van der Waals surface area contributed by atoms with E-state index in [-0.39, 0.29) is 0 Å². The number of unbranched alkanes of at least 4 members (excludes halogenated alkanes) is 22. The van der Waals surface area contributed by atoms with Crippen molar-refractivity contribution in [2.75, 3.05) is 19.6 Å². The highest BCUT2D eigenvalue weighted by molar-refractivity contribution is 4.57. The minimum Gasteiger partial charge on any atom is -0.304 e. The van der Waals surface area contributed by atoms with Crippen molar-refractivity contribution in [1.29, 1.82) is 0 Å². The van der Waals surface area contributed by atoms with Crippen LogP contribution in [0.4, 0.5) is 0 Å². The first kappa shape index (κ1) is 31.0. The Morgan fingerprint density at radius 3 is 0.774 bits per heavy atom. The van der Waals surface area contributed by atoms with Crippen LogP contribution < -0.4 is 0 Å². The normalized spacial score (nSPS) is 11.6. The van der Waals surface area contributed by atoms with Gasteiger partial charge in [0, 0.05) is 0 Å². The molecule has 0 amide bonds. The third kappa shape index (κ3) is 26.1. The van der Waals surface area contributed by atoms with Gasteiger partial charge in [0.05, 0.1) is 0 Å². The molecule has 188 valence electrons. The van der Waals surface area contributed by atoms with E-state index in [1.54, 1.807) is 0 Å². The second-order valence-corrected chi connectivity index (χ2v) is 10.2. The molecule has 0 rings (SSSR count). The topological polar surface area (TPSA) is 3.24 Å². The van der Waals surface area contributed by atoms with Crippen molar-refractivity contribution in [3.63, 3.8) is 0 Å². The Bertz CT molecular complexity index is 301. The molecule has 31 heavy (non-hydrogen) atoms. The van der Waals surface area contributed by atoms with E-state index >= 15 is 0 Å². The number of rotatable bonds is 27. The van der Waals surface area contributed by atoms with Crippen LogP contribution in [0.15, 0.2) is 0 Å². The van der Waals surface area contributed by atoms with E-state index in [2.05, 4.69) is 25.7 Å². The lowest BCUT2D eigenvalue weighted by Crippen LogP contribution is -2.25. The fourth-order valence-electron chi connectivity index (χ4n) is 4.78. The summed E-state index contributed by atoms with van der Waals surface area (Å²) in [5.74, 6) is 0. The molecule has 0 aromatic carbocycles. The van der Waals surface area contributed by atoms with E-state index in [0.717, 1.165) is 0 Å². The molecule has 0 radical (unpaired) electrons. The third-order valence-electron chi connectivity index (χ3n) is 7.10. The molecule has 0 aromatic heterocycles. The fourth-order valence-corrected chi connectivity index (χ4v) is 4.78. The zero-order valence-electron chi connectivity index (χ0n) is 22.5. The molecule has 0 aliphatic rings. The standard InChI is InChI=1S/C30H63N/c1-4-7-9-11-12-13-14-15-16-17-18-19-20-21-22-23-24-25-26-28-30-31(6-3)29-27-10-8-5-2/h4-30H2,1-3H3. The molecule has 0 unspecified atom stereocenters. The minimum atomic E-state index is 1.24. The van der Waals surface area contributed by atoms with Crippen molar-refractivity contribution in [2.24, 2.45) is 0 Å². The molecular weight excluding hydrogens is 374 g/mol. The quantitative estimate of drug-likeness (QED) is 0.115. The van der Waals surface area contributed by atoms with Crippen LogP contribution in [0.3, 0.4) is 0 Å². The van der Waals surface area contributed by atoms with Crippen molar-refractivity contribution < 1.29 is 0 Å². The molecule has 0 fully saturated rings. The summed E-state index contributed by atoms with van der Waals surface area (Å²) in [6.07, 6.45) is 35.0.